The van der Waals surface area contributed by atoms with Crippen molar-refractivity contribution >= 4 is 11.0 Å². The number of fused-ring (bicyclic) bond motifs is 1. The van der Waals surface area contributed by atoms with Crippen molar-refractivity contribution in [3.63, 3.8) is 0 Å². The second-order valence-electron chi connectivity index (χ2n) is 6.01. The van der Waals surface area contributed by atoms with E-state index in [0.29, 0.717) is 23.3 Å². The lowest BCUT2D eigenvalue weighted by atomic mass is 10.1. The third kappa shape index (κ3) is 4.10. The highest BCUT2D eigenvalue weighted by atomic mass is 16.5. The lowest BCUT2D eigenvalue weighted by Crippen LogP contribution is -2.00. The topological polar surface area (TPSA) is 39.4 Å². The van der Waals surface area contributed by atoms with E-state index in [1.165, 1.54) is 6.07 Å². The minimum Gasteiger partial charge on any atom is -0.494 e. The van der Waals surface area contributed by atoms with Crippen LogP contribution >= 0.6 is 0 Å². The van der Waals surface area contributed by atoms with Crippen LogP contribution in [0.15, 0.2) is 57.7 Å². The Morgan fingerprint density at radius 3 is 2.64 bits per heavy atom. The van der Waals surface area contributed by atoms with Crippen LogP contribution in [0.2, 0.25) is 0 Å². The molecule has 3 aromatic rings. The van der Waals surface area contributed by atoms with Crippen LogP contribution in [0.5, 0.6) is 5.75 Å². The van der Waals surface area contributed by atoms with Gasteiger partial charge in [-0.2, -0.15) is 0 Å². The summed E-state index contributed by atoms with van der Waals surface area (Å²) in [5, 5.41) is 0.607. The largest absolute Gasteiger partial charge is 0.494 e. The van der Waals surface area contributed by atoms with Crippen molar-refractivity contribution in [3.05, 3.63) is 64.3 Å². The monoisotopic (exact) mass is 332 g/mol. The standard InChI is InChI=1S/C22H20O3/c1-3-4-5-6-13-24-18-10-8-17(9-11-18)22-15-20(23)19-14-16(2)7-12-21(19)25-22/h1,7-12,14-15H,4-6,13H2,2H3. The molecule has 0 unspecified atom stereocenters. The summed E-state index contributed by atoms with van der Waals surface area (Å²) in [5.74, 6) is 3.97. The van der Waals surface area contributed by atoms with Gasteiger partial charge in [0.1, 0.15) is 17.1 Å². The van der Waals surface area contributed by atoms with Crippen molar-refractivity contribution in [2.24, 2.45) is 0 Å². The molecule has 0 spiro atoms. The van der Waals surface area contributed by atoms with Gasteiger partial charge in [0.25, 0.3) is 0 Å². The fraction of sp³-hybridized carbons (Fsp3) is 0.227. The van der Waals surface area contributed by atoms with E-state index in [1.54, 1.807) is 0 Å². The zero-order chi connectivity index (χ0) is 17.6. The molecule has 0 radical (unpaired) electrons. The third-order valence-electron chi connectivity index (χ3n) is 4.01. The Hall–Kier alpha value is -2.99. The number of benzene rings is 2. The van der Waals surface area contributed by atoms with E-state index in [-0.39, 0.29) is 5.43 Å². The molecular formula is C22H20O3. The Labute approximate surface area is 147 Å². The van der Waals surface area contributed by atoms with Crippen molar-refractivity contribution < 1.29 is 9.15 Å². The van der Waals surface area contributed by atoms with Gasteiger partial charge in [-0.15, -0.1) is 12.3 Å². The quantitative estimate of drug-likeness (QED) is 0.473. The highest BCUT2D eigenvalue weighted by Crippen LogP contribution is 2.24. The number of ether oxygens (including phenoxy) is 1. The summed E-state index contributed by atoms with van der Waals surface area (Å²) in [6.07, 6.45) is 7.91. The highest BCUT2D eigenvalue weighted by molar-refractivity contribution is 5.79. The van der Waals surface area contributed by atoms with Gasteiger partial charge in [-0.1, -0.05) is 11.6 Å². The van der Waals surface area contributed by atoms with Crippen LogP contribution in [0.4, 0.5) is 0 Å². The third-order valence-corrected chi connectivity index (χ3v) is 4.01. The molecule has 1 heterocycles. The van der Waals surface area contributed by atoms with E-state index in [2.05, 4.69) is 5.92 Å². The summed E-state index contributed by atoms with van der Waals surface area (Å²) in [7, 11) is 0. The Bertz CT molecular complexity index is 959. The van der Waals surface area contributed by atoms with Crippen LogP contribution in [-0.2, 0) is 0 Å². The van der Waals surface area contributed by atoms with Crippen LogP contribution in [0.3, 0.4) is 0 Å². The normalized spacial score (nSPS) is 10.6. The van der Waals surface area contributed by atoms with Crippen molar-refractivity contribution in [3.8, 4) is 29.4 Å². The molecule has 0 atom stereocenters. The van der Waals surface area contributed by atoms with E-state index < -0.39 is 0 Å². The van der Waals surface area contributed by atoms with E-state index in [9.17, 15) is 4.79 Å². The fourth-order valence-corrected chi connectivity index (χ4v) is 2.65. The first-order valence-corrected chi connectivity index (χ1v) is 8.38. The zero-order valence-electron chi connectivity index (χ0n) is 14.2. The average molecular weight is 332 g/mol. The zero-order valence-corrected chi connectivity index (χ0v) is 14.2. The Kier molecular flexibility index (Phi) is 5.20. The Morgan fingerprint density at radius 1 is 1.08 bits per heavy atom. The summed E-state index contributed by atoms with van der Waals surface area (Å²) < 4.78 is 11.6. The molecule has 0 aliphatic heterocycles. The van der Waals surface area contributed by atoms with E-state index in [1.807, 2.05) is 49.4 Å². The second-order valence-corrected chi connectivity index (χ2v) is 6.01. The maximum atomic E-state index is 12.3. The molecule has 0 fully saturated rings. The number of hydrogen-bond donors (Lipinski definition) is 0. The van der Waals surface area contributed by atoms with Gasteiger partial charge in [0.15, 0.2) is 5.43 Å². The van der Waals surface area contributed by atoms with Gasteiger partial charge in [0.2, 0.25) is 0 Å². The Balaban J connectivity index is 1.76. The maximum absolute atomic E-state index is 12.3. The molecule has 0 bridgehead atoms. The molecule has 126 valence electrons. The molecule has 3 rings (SSSR count). The van der Waals surface area contributed by atoms with Crippen LogP contribution in [0.25, 0.3) is 22.3 Å². The van der Waals surface area contributed by atoms with Crippen LogP contribution in [-0.4, -0.2) is 6.61 Å². The fourth-order valence-electron chi connectivity index (χ4n) is 2.65. The number of unbranched alkanes of at least 4 members (excludes halogenated alkanes) is 2. The molecule has 0 aliphatic carbocycles. The molecule has 3 nitrogen and oxygen atoms in total. The predicted octanol–water partition coefficient (Wildman–Crippen LogP) is 4.95. The first-order chi connectivity index (χ1) is 12.2. The van der Waals surface area contributed by atoms with Crippen LogP contribution < -0.4 is 10.2 Å². The smallest absolute Gasteiger partial charge is 0.193 e. The van der Waals surface area contributed by atoms with E-state index >= 15 is 0 Å². The van der Waals surface area contributed by atoms with E-state index in [4.69, 9.17) is 15.6 Å². The predicted molar refractivity (Wildman–Crippen MR) is 101 cm³/mol. The molecule has 0 N–H and O–H groups in total. The minimum absolute atomic E-state index is 0.0335. The van der Waals surface area contributed by atoms with Gasteiger partial charge in [-0.3, -0.25) is 4.79 Å². The van der Waals surface area contributed by atoms with Crippen LogP contribution in [0, 0.1) is 19.3 Å². The van der Waals surface area contributed by atoms with Gasteiger partial charge in [0.05, 0.1) is 12.0 Å². The van der Waals surface area contributed by atoms with Gasteiger partial charge < -0.3 is 9.15 Å². The van der Waals surface area contributed by atoms with Crippen molar-refractivity contribution in [2.75, 3.05) is 6.61 Å². The SMILES string of the molecule is C#CCCCCOc1ccc(-c2cc(=O)c3cc(C)ccc3o2)cc1. The molecule has 3 heteroatoms. The number of aryl methyl sites for hydroxylation is 1. The molecular weight excluding hydrogens is 312 g/mol. The molecule has 0 saturated heterocycles. The molecule has 25 heavy (non-hydrogen) atoms. The molecule has 0 aliphatic rings. The van der Waals surface area contributed by atoms with Crippen molar-refractivity contribution in [2.45, 2.75) is 26.2 Å². The highest BCUT2D eigenvalue weighted by Gasteiger charge is 2.07. The summed E-state index contributed by atoms with van der Waals surface area (Å²) in [6.45, 7) is 2.60. The number of hydrogen-bond acceptors (Lipinski definition) is 3. The van der Waals surface area contributed by atoms with Gasteiger partial charge in [-0.25, -0.2) is 0 Å². The second kappa shape index (κ2) is 7.72. The van der Waals surface area contributed by atoms with Crippen molar-refractivity contribution in [1.82, 2.24) is 0 Å². The first-order valence-electron chi connectivity index (χ1n) is 8.38. The average Bonchev–Trinajstić information content (AvgIpc) is 2.62. The number of rotatable bonds is 6. The van der Waals surface area contributed by atoms with Gasteiger partial charge in [-0.05, 0) is 56.2 Å². The lowest BCUT2D eigenvalue weighted by Gasteiger charge is -2.07. The number of terminal acetylenes is 1. The summed E-state index contributed by atoms with van der Waals surface area (Å²) in [5.41, 5.74) is 2.45. The first kappa shape index (κ1) is 16.9. The van der Waals surface area contributed by atoms with Gasteiger partial charge in [0, 0.05) is 18.1 Å². The Morgan fingerprint density at radius 2 is 1.88 bits per heavy atom. The molecule has 1 aromatic heterocycles. The minimum atomic E-state index is -0.0335. The van der Waals surface area contributed by atoms with E-state index in [0.717, 1.165) is 36.1 Å². The van der Waals surface area contributed by atoms with Crippen LogP contribution in [0.1, 0.15) is 24.8 Å². The molecule has 2 aromatic carbocycles. The summed E-state index contributed by atoms with van der Waals surface area (Å²) in [4.78, 5) is 12.3. The maximum Gasteiger partial charge on any atom is 0.193 e. The molecule has 0 saturated carbocycles. The summed E-state index contributed by atoms with van der Waals surface area (Å²) in [6, 6.07) is 14.7. The van der Waals surface area contributed by atoms with Crippen molar-refractivity contribution in [1.29, 1.82) is 0 Å². The summed E-state index contributed by atoms with van der Waals surface area (Å²) >= 11 is 0. The lowest BCUT2D eigenvalue weighted by molar-refractivity contribution is 0.307. The van der Waals surface area contributed by atoms with Gasteiger partial charge >= 0.3 is 0 Å². The molecule has 0 amide bonds.